The fraction of sp³-hybridized carbons (Fsp3) is 0.583. The van der Waals surface area contributed by atoms with E-state index in [1.54, 1.807) is 0 Å². The highest BCUT2D eigenvalue weighted by molar-refractivity contribution is 9.10. The summed E-state index contributed by atoms with van der Waals surface area (Å²) in [6.07, 6.45) is 5.70. The van der Waals surface area contributed by atoms with E-state index in [1.165, 1.54) is 18.4 Å². The fourth-order valence-corrected chi connectivity index (χ4v) is 4.81. The molecule has 0 N–H and O–H groups in total. The Hall–Kier alpha value is -1.66. The van der Waals surface area contributed by atoms with Gasteiger partial charge in [0.1, 0.15) is 16.8 Å². The molecule has 0 saturated heterocycles. The first-order valence-electron chi connectivity index (χ1n) is 10.8. The predicted octanol–water partition coefficient (Wildman–Crippen LogP) is 5.65. The normalized spacial score (nSPS) is 19.6. The van der Waals surface area contributed by atoms with E-state index in [4.69, 9.17) is 14.6 Å². The fourth-order valence-electron chi connectivity index (χ4n) is 4.07. The van der Waals surface area contributed by atoms with Crippen molar-refractivity contribution in [1.29, 1.82) is 0 Å². The van der Waals surface area contributed by atoms with Crippen LogP contribution in [0.3, 0.4) is 0 Å². The molecule has 6 heteroatoms. The number of carbonyl (C=O) groups excluding carboxylic acids is 1. The van der Waals surface area contributed by atoms with E-state index in [0.29, 0.717) is 18.4 Å². The minimum Gasteiger partial charge on any atom is -0.458 e. The molecule has 1 aliphatic carbocycles. The number of aryl methyl sites for hydroxylation is 1. The van der Waals surface area contributed by atoms with E-state index in [0.717, 1.165) is 35.2 Å². The molecular weight excluding hydrogens is 444 g/mol. The Morgan fingerprint density at radius 1 is 1.13 bits per heavy atom. The van der Waals surface area contributed by atoms with Gasteiger partial charge in [-0.05, 0) is 99.7 Å². The molecular formula is C24H33BrN2O3. The van der Waals surface area contributed by atoms with Crippen LogP contribution in [0, 0.1) is 18.8 Å². The van der Waals surface area contributed by atoms with Crippen LogP contribution >= 0.6 is 15.9 Å². The molecule has 1 heterocycles. The van der Waals surface area contributed by atoms with Crippen molar-refractivity contribution in [3.05, 3.63) is 46.2 Å². The minimum absolute atomic E-state index is 0.0437. The van der Waals surface area contributed by atoms with E-state index in [9.17, 15) is 4.79 Å². The van der Waals surface area contributed by atoms with Crippen molar-refractivity contribution in [2.75, 3.05) is 13.2 Å². The number of hydrogen-bond donors (Lipinski definition) is 0. The van der Waals surface area contributed by atoms with Crippen LogP contribution in [0.1, 0.15) is 57.7 Å². The zero-order valence-electron chi connectivity index (χ0n) is 18.5. The number of hydrogen-bond acceptors (Lipinski definition) is 4. The molecule has 0 bridgehead atoms. The van der Waals surface area contributed by atoms with E-state index < -0.39 is 5.60 Å². The Bertz CT molecular complexity index is 834. The third-order valence-electron chi connectivity index (χ3n) is 5.58. The molecule has 0 aliphatic heterocycles. The summed E-state index contributed by atoms with van der Waals surface area (Å²) in [4.78, 5) is 11.8. The van der Waals surface area contributed by atoms with Crippen LogP contribution in [0.25, 0.3) is 5.69 Å². The van der Waals surface area contributed by atoms with Gasteiger partial charge < -0.3 is 9.47 Å². The number of aromatic nitrogens is 2. The maximum Gasteiger partial charge on any atom is 0.332 e. The highest BCUT2D eigenvalue weighted by Gasteiger charge is 2.25. The summed E-state index contributed by atoms with van der Waals surface area (Å²) >= 11 is 3.78. The number of carbonyl (C=O) groups is 1. The van der Waals surface area contributed by atoms with Crippen molar-refractivity contribution >= 4 is 21.9 Å². The number of para-hydroxylation sites is 1. The zero-order chi connectivity index (χ0) is 21.7. The lowest BCUT2D eigenvalue weighted by atomic mass is 9.79. The van der Waals surface area contributed by atoms with Gasteiger partial charge in [0, 0.05) is 5.56 Å². The molecule has 0 unspecified atom stereocenters. The van der Waals surface area contributed by atoms with Crippen molar-refractivity contribution in [2.24, 2.45) is 11.8 Å². The first-order valence-corrected chi connectivity index (χ1v) is 11.6. The molecule has 0 spiro atoms. The summed E-state index contributed by atoms with van der Waals surface area (Å²) in [5.74, 6) is 0.905. The lowest BCUT2D eigenvalue weighted by molar-refractivity contribution is -0.160. The summed E-state index contributed by atoms with van der Waals surface area (Å²) < 4.78 is 14.0. The Morgan fingerprint density at radius 3 is 2.40 bits per heavy atom. The standard InChI is InChI=1S/C24H33BrN2O3/c1-17-21(23(25)27(26-17)20-8-6-5-7-9-20)14-18-10-12-19(13-11-18)15-29-16-22(28)30-24(2,3)4/h5-9,18-19H,10-16H2,1-4H3. The summed E-state index contributed by atoms with van der Waals surface area (Å²) in [6.45, 7) is 8.39. The SMILES string of the molecule is Cc1nn(-c2ccccc2)c(Br)c1CC1CCC(COCC(=O)OC(C)(C)C)CC1. The van der Waals surface area contributed by atoms with Gasteiger partial charge in [0.15, 0.2) is 0 Å². The van der Waals surface area contributed by atoms with Crippen LogP contribution in [0.4, 0.5) is 0 Å². The van der Waals surface area contributed by atoms with Crippen LogP contribution < -0.4 is 0 Å². The molecule has 1 aromatic heterocycles. The second kappa shape index (κ2) is 10.1. The predicted molar refractivity (Wildman–Crippen MR) is 122 cm³/mol. The molecule has 1 aromatic carbocycles. The second-order valence-electron chi connectivity index (χ2n) is 9.29. The Kier molecular flexibility index (Phi) is 7.75. The molecule has 164 valence electrons. The molecule has 1 saturated carbocycles. The van der Waals surface area contributed by atoms with Gasteiger partial charge in [-0.15, -0.1) is 0 Å². The van der Waals surface area contributed by atoms with Gasteiger partial charge in [0.2, 0.25) is 0 Å². The minimum atomic E-state index is -0.459. The Labute approximate surface area is 188 Å². The quantitative estimate of drug-likeness (QED) is 0.484. The van der Waals surface area contributed by atoms with Crippen molar-refractivity contribution in [3.8, 4) is 5.69 Å². The summed E-state index contributed by atoms with van der Waals surface area (Å²) in [5, 5.41) is 4.75. The van der Waals surface area contributed by atoms with Crippen molar-refractivity contribution < 1.29 is 14.3 Å². The Morgan fingerprint density at radius 2 is 1.77 bits per heavy atom. The van der Waals surface area contributed by atoms with Gasteiger partial charge in [0.25, 0.3) is 0 Å². The molecule has 3 rings (SSSR count). The highest BCUT2D eigenvalue weighted by Crippen LogP contribution is 2.34. The summed E-state index contributed by atoms with van der Waals surface area (Å²) in [6, 6.07) is 10.2. The molecule has 2 aromatic rings. The average Bonchev–Trinajstić information content (AvgIpc) is 2.97. The Balaban J connectivity index is 1.46. The largest absolute Gasteiger partial charge is 0.458 e. The molecule has 0 radical (unpaired) electrons. The molecule has 5 nitrogen and oxygen atoms in total. The third-order valence-corrected chi connectivity index (χ3v) is 6.39. The third kappa shape index (κ3) is 6.42. The van der Waals surface area contributed by atoms with Crippen LogP contribution in [0.15, 0.2) is 34.9 Å². The molecule has 1 aliphatic rings. The van der Waals surface area contributed by atoms with Crippen LogP contribution in [0.2, 0.25) is 0 Å². The van der Waals surface area contributed by atoms with E-state index in [2.05, 4.69) is 35.0 Å². The van der Waals surface area contributed by atoms with Gasteiger partial charge in [-0.2, -0.15) is 5.10 Å². The number of benzene rings is 1. The molecule has 1 fully saturated rings. The zero-order valence-corrected chi connectivity index (χ0v) is 20.1. The van der Waals surface area contributed by atoms with Crippen molar-refractivity contribution in [3.63, 3.8) is 0 Å². The second-order valence-corrected chi connectivity index (χ2v) is 10.0. The van der Waals surface area contributed by atoms with Crippen LogP contribution in [0.5, 0.6) is 0 Å². The van der Waals surface area contributed by atoms with Gasteiger partial charge in [-0.25, -0.2) is 9.48 Å². The number of esters is 1. The van der Waals surface area contributed by atoms with Gasteiger partial charge in [0.05, 0.1) is 18.0 Å². The summed E-state index contributed by atoms with van der Waals surface area (Å²) in [5.41, 5.74) is 3.01. The number of rotatable bonds is 7. The van der Waals surface area contributed by atoms with E-state index in [-0.39, 0.29) is 12.6 Å². The van der Waals surface area contributed by atoms with Crippen molar-refractivity contribution in [2.45, 2.75) is 65.4 Å². The van der Waals surface area contributed by atoms with Gasteiger partial charge in [-0.3, -0.25) is 0 Å². The monoisotopic (exact) mass is 476 g/mol. The first kappa shape index (κ1) is 23.0. The maximum atomic E-state index is 11.8. The van der Waals surface area contributed by atoms with E-state index >= 15 is 0 Å². The molecule has 30 heavy (non-hydrogen) atoms. The smallest absolute Gasteiger partial charge is 0.332 e. The van der Waals surface area contributed by atoms with Gasteiger partial charge >= 0.3 is 5.97 Å². The van der Waals surface area contributed by atoms with Crippen molar-refractivity contribution in [1.82, 2.24) is 9.78 Å². The number of nitrogens with zero attached hydrogens (tertiary/aromatic N) is 2. The van der Waals surface area contributed by atoms with E-state index in [1.807, 2.05) is 43.7 Å². The summed E-state index contributed by atoms with van der Waals surface area (Å²) in [7, 11) is 0. The highest BCUT2D eigenvalue weighted by atomic mass is 79.9. The maximum absolute atomic E-state index is 11.8. The number of ether oxygens (including phenoxy) is 2. The van der Waals surface area contributed by atoms with Gasteiger partial charge in [-0.1, -0.05) is 18.2 Å². The lowest BCUT2D eigenvalue weighted by Crippen LogP contribution is -2.27. The number of halogens is 1. The molecule has 0 amide bonds. The topological polar surface area (TPSA) is 53.4 Å². The van der Waals surface area contributed by atoms with Crippen LogP contribution in [-0.2, 0) is 20.7 Å². The molecule has 0 atom stereocenters. The van der Waals surface area contributed by atoms with Crippen LogP contribution in [-0.4, -0.2) is 34.6 Å². The lowest BCUT2D eigenvalue weighted by Gasteiger charge is -2.28. The first-order chi connectivity index (χ1) is 14.2. The average molecular weight is 477 g/mol.